The molecule has 2 unspecified atom stereocenters. The zero-order chi connectivity index (χ0) is 12.5. The van der Waals surface area contributed by atoms with E-state index < -0.39 is 0 Å². The van der Waals surface area contributed by atoms with Gasteiger partial charge in [-0.15, -0.1) is 0 Å². The van der Waals surface area contributed by atoms with Crippen molar-refractivity contribution in [2.24, 2.45) is 5.41 Å². The van der Waals surface area contributed by atoms with Crippen LogP contribution in [0.25, 0.3) is 0 Å². The van der Waals surface area contributed by atoms with Gasteiger partial charge in [-0.1, -0.05) is 25.4 Å². The lowest BCUT2D eigenvalue weighted by Crippen LogP contribution is -2.58. The average molecular weight is 255 g/mol. The first-order valence-electron chi connectivity index (χ1n) is 6.03. The number of halogens is 1. The number of anilines is 1. The third kappa shape index (κ3) is 2.40. The number of rotatable bonds is 4. The summed E-state index contributed by atoms with van der Waals surface area (Å²) in [6.45, 7) is 7.26. The van der Waals surface area contributed by atoms with E-state index in [0.29, 0.717) is 17.2 Å². The fraction of sp³-hybridized carbons (Fsp3) is 0.615. The predicted molar refractivity (Wildman–Crippen MR) is 70.5 cm³/mol. The molecule has 1 aliphatic carbocycles. The molecule has 2 rings (SSSR count). The van der Waals surface area contributed by atoms with Crippen LogP contribution >= 0.6 is 11.6 Å². The molecule has 0 amide bonds. The van der Waals surface area contributed by atoms with Gasteiger partial charge in [0.2, 0.25) is 0 Å². The molecule has 4 heteroatoms. The van der Waals surface area contributed by atoms with Crippen molar-refractivity contribution in [2.45, 2.75) is 39.3 Å². The summed E-state index contributed by atoms with van der Waals surface area (Å²) in [6.07, 6.45) is 4.78. The van der Waals surface area contributed by atoms with Crippen LogP contribution in [0.5, 0.6) is 0 Å². The molecule has 1 aromatic heterocycles. The van der Waals surface area contributed by atoms with Crippen molar-refractivity contribution in [3.05, 3.63) is 23.5 Å². The molecule has 3 nitrogen and oxygen atoms in total. The second kappa shape index (κ2) is 4.83. The second-order valence-corrected chi connectivity index (χ2v) is 5.46. The monoisotopic (exact) mass is 254 g/mol. The minimum absolute atomic E-state index is 0.141. The smallest absolute Gasteiger partial charge is 0.0820 e. The lowest BCUT2D eigenvalue weighted by atomic mass is 9.64. The third-order valence-corrected chi connectivity index (χ3v) is 3.95. The first kappa shape index (κ1) is 12.7. The SMILES string of the molecule is CCOC1CC(Nc2ccncc2Cl)C1(C)C. The molecule has 2 atom stereocenters. The summed E-state index contributed by atoms with van der Waals surface area (Å²) < 4.78 is 5.71. The Labute approximate surface area is 108 Å². The van der Waals surface area contributed by atoms with Crippen LogP contribution in [-0.4, -0.2) is 23.7 Å². The van der Waals surface area contributed by atoms with Crippen molar-refractivity contribution in [1.29, 1.82) is 0 Å². The summed E-state index contributed by atoms with van der Waals surface area (Å²) >= 11 is 6.08. The first-order valence-corrected chi connectivity index (χ1v) is 6.41. The minimum atomic E-state index is 0.141. The number of pyridine rings is 1. The molecule has 1 N–H and O–H groups in total. The van der Waals surface area contributed by atoms with Crippen LogP contribution in [0.4, 0.5) is 5.69 Å². The Morgan fingerprint density at radius 3 is 2.94 bits per heavy atom. The number of nitrogens with zero attached hydrogens (tertiary/aromatic N) is 1. The molecule has 1 fully saturated rings. The molecule has 0 saturated heterocycles. The molecule has 1 aliphatic rings. The van der Waals surface area contributed by atoms with Gasteiger partial charge in [0, 0.05) is 30.5 Å². The Hall–Kier alpha value is -0.800. The molecule has 0 spiro atoms. The van der Waals surface area contributed by atoms with Gasteiger partial charge in [0.05, 0.1) is 16.8 Å². The Morgan fingerprint density at radius 1 is 1.59 bits per heavy atom. The van der Waals surface area contributed by atoms with Gasteiger partial charge in [0.25, 0.3) is 0 Å². The number of hydrogen-bond acceptors (Lipinski definition) is 3. The maximum Gasteiger partial charge on any atom is 0.0820 e. The minimum Gasteiger partial charge on any atom is -0.380 e. The maximum absolute atomic E-state index is 6.08. The topological polar surface area (TPSA) is 34.1 Å². The molecular formula is C13H19ClN2O. The molecule has 94 valence electrons. The van der Waals surface area contributed by atoms with E-state index in [4.69, 9.17) is 16.3 Å². The fourth-order valence-corrected chi connectivity index (χ4v) is 2.47. The van der Waals surface area contributed by atoms with Gasteiger partial charge >= 0.3 is 0 Å². The molecule has 1 saturated carbocycles. The maximum atomic E-state index is 6.08. The van der Waals surface area contributed by atoms with Gasteiger partial charge in [0.1, 0.15) is 0 Å². The van der Waals surface area contributed by atoms with Gasteiger partial charge in [-0.05, 0) is 19.4 Å². The standard InChI is InChI=1S/C13H19ClN2O/c1-4-17-12-7-11(13(12,2)3)16-10-5-6-15-8-9(10)14/h5-6,8,11-12H,4,7H2,1-3H3,(H,15,16). The summed E-state index contributed by atoms with van der Waals surface area (Å²) in [5.74, 6) is 0. The molecular weight excluding hydrogens is 236 g/mol. The summed E-state index contributed by atoms with van der Waals surface area (Å²) in [5.41, 5.74) is 1.09. The normalized spacial score (nSPS) is 26.4. The van der Waals surface area contributed by atoms with Crippen LogP contribution in [0, 0.1) is 5.41 Å². The molecule has 0 radical (unpaired) electrons. The Kier molecular flexibility index (Phi) is 3.59. The molecule has 1 aromatic rings. The third-order valence-electron chi connectivity index (χ3n) is 3.65. The van der Waals surface area contributed by atoms with Crippen LogP contribution in [-0.2, 0) is 4.74 Å². The summed E-state index contributed by atoms with van der Waals surface area (Å²) in [7, 11) is 0. The predicted octanol–water partition coefficient (Wildman–Crippen LogP) is 3.35. The first-order chi connectivity index (χ1) is 8.05. The van der Waals surface area contributed by atoms with Gasteiger partial charge in [-0.2, -0.15) is 0 Å². The van der Waals surface area contributed by atoms with Gasteiger partial charge in [-0.25, -0.2) is 0 Å². The fourth-order valence-electron chi connectivity index (χ4n) is 2.29. The zero-order valence-corrected chi connectivity index (χ0v) is 11.3. The van der Waals surface area contributed by atoms with Gasteiger partial charge in [-0.3, -0.25) is 4.98 Å². The van der Waals surface area contributed by atoms with E-state index in [1.54, 1.807) is 12.4 Å². The number of nitrogens with one attached hydrogen (secondary N) is 1. The van der Waals surface area contributed by atoms with Crippen molar-refractivity contribution in [1.82, 2.24) is 4.98 Å². The molecule has 0 aliphatic heterocycles. The van der Waals surface area contributed by atoms with Crippen LogP contribution in [0.2, 0.25) is 5.02 Å². The largest absolute Gasteiger partial charge is 0.380 e. The Bertz CT molecular complexity index is 395. The highest BCUT2D eigenvalue weighted by Gasteiger charge is 2.48. The van der Waals surface area contributed by atoms with Crippen LogP contribution in [0.1, 0.15) is 27.2 Å². The average Bonchev–Trinajstić information content (AvgIpc) is 2.30. The molecule has 0 aromatic carbocycles. The van der Waals surface area contributed by atoms with Crippen LogP contribution in [0.3, 0.4) is 0 Å². The summed E-state index contributed by atoms with van der Waals surface area (Å²) in [4.78, 5) is 3.98. The van der Waals surface area contributed by atoms with Crippen LogP contribution in [0.15, 0.2) is 18.5 Å². The van der Waals surface area contributed by atoms with Crippen molar-refractivity contribution >= 4 is 17.3 Å². The molecule has 17 heavy (non-hydrogen) atoms. The highest BCUT2D eigenvalue weighted by atomic mass is 35.5. The van der Waals surface area contributed by atoms with E-state index in [0.717, 1.165) is 18.7 Å². The number of ether oxygens (including phenoxy) is 1. The van der Waals surface area contributed by atoms with Gasteiger partial charge in [0.15, 0.2) is 0 Å². The quantitative estimate of drug-likeness (QED) is 0.895. The second-order valence-electron chi connectivity index (χ2n) is 5.05. The van der Waals surface area contributed by atoms with E-state index in [2.05, 4.69) is 24.1 Å². The van der Waals surface area contributed by atoms with E-state index in [1.165, 1.54) is 0 Å². The lowest BCUT2D eigenvalue weighted by molar-refractivity contribution is -0.0975. The Balaban J connectivity index is 2.01. The number of aromatic nitrogens is 1. The highest BCUT2D eigenvalue weighted by Crippen LogP contribution is 2.44. The Morgan fingerprint density at radius 2 is 2.35 bits per heavy atom. The van der Waals surface area contributed by atoms with Crippen molar-refractivity contribution < 1.29 is 4.74 Å². The highest BCUT2D eigenvalue weighted by molar-refractivity contribution is 6.33. The molecule has 1 heterocycles. The lowest BCUT2D eigenvalue weighted by Gasteiger charge is -2.52. The zero-order valence-electron chi connectivity index (χ0n) is 10.5. The van der Waals surface area contributed by atoms with Crippen LogP contribution < -0.4 is 5.32 Å². The molecule has 0 bridgehead atoms. The van der Waals surface area contributed by atoms with Crippen molar-refractivity contribution in [3.8, 4) is 0 Å². The van der Waals surface area contributed by atoms with E-state index in [-0.39, 0.29) is 5.41 Å². The number of hydrogen-bond donors (Lipinski definition) is 1. The van der Waals surface area contributed by atoms with E-state index in [1.807, 2.05) is 13.0 Å². The van der Waals surface area contributed by atoms with Gasteiger partial charge < -0.3 is 10.1 Å². The van der Waals surface area contributed by atoms with E-state index >= 15 is 0 Å². The summed E-state index contributed by atoms with van der Waals surface area (Å²) in [5, 5.41) is 4.14. The summed E-state index contributed by atoms with van der Waals surface area (Å²) in [6, 6.07) is 2.31. The van der Waals surface area contributed by atoms with E-state index in [9.17, 15) is 0 Å². The van der Waals surface area contributed by atoms with Crippen molar-refractivity contribution in [3.63, 3.8) is 0 Å². The van der Waals surface area contributed by atoms with Crippen molar-refractivity contribution in [2.75, 3.05) is 11.9 Å².